The Bertz CT molecular complexity index is 643. The minimum Gasteiger partial charge on any atom is -0.466 e. The Morgan fingerprint density at radius 2 is 1.96 bits per heavy atom. The Morgan fingerprint density at radius 3 is 2.44 bits per heavy atom. The zero-order chi connectivity index (χ0) is 20.8. The molecule has 2 atom stereocenters. The molecule has 0 spiro atoms. The molecule has 1 saturated heterocycles. The van der Waals surface area contributed by atoms with Gasteiger partial charge in [0.2, 0.25) is 6.29 Å². The van der Waals surface area contributed by atoms with Crippen LogP contribution in [0.5, 0.6) is 0 Å². The van der Waals surface area contributed by atoms with E-state index in [1.54, 1.807) is 6.92 Å². The summed E-state index contributed by atoms with van der Waals surface area (Å²) in [5.41, 5.74) is -0.496. The number of thioether (sulfide) groups is 1. The SMILES string of the molecule is CCSC(=O)C/C(C)=C\C/C(=C\C(=O)OC)[C@@]1(C)O[C@H](C(C)(C)C)OC1=O. The number of carbonyl (C=O) groups is 3. The Morgan fingerprint density at radius 1 is 1.33 bits per heavy atom. The summed E-state index contributed by atoms with van der Waals surface area (Å²) in [7, 11) is 1.27. The van der Waals surface area contributed by atoms with E-state index in [0.29, 0.717) is 12.0 Å². The van der Waals surface area contributed by atoms with Crippen molar-refractivity contribution in [2.24, 2.45) is 5.41 Å². The second kappa shape index (κ2) is 9.55. The lowest BCUT2D eigenvalue weighted by atomic mass is 9.91. The van der Waals surface area contributed by atoms with Crippen molar-refractivity contribution in [3.05, 3.63) is 23.3 Å². The van der Waals surface area contributed by atoms with Gasteiger partial charge in [0.05, 0.1) is 7.11 Å². The molecule has 0 aromatic rings. The van der Waals surface area contributed by atoms with Gasteiger partial charge in [-0.15, -0.1) is 0 Å². The molecular formula is C20H30O6S. The highest BCUT2D eigenvalue weighted by Gasteiger charge is 2.52. The molecule has 0 N–H and O–H groups in total. The van der Waals surface area contributed by atoms with Gasteiger partial charge in [-0.3, -0.25) is 4.79 Å². The van der Waals surface area contributed by atoms with E-state index >= 15 is 0 Å². The number of allylic oxidation sites excluding steroid dienone is 2. The number of methoxy groups -OCH3 is 1. The van der Waals surface area contributed by atoms with Crippen molar-refractivity contribution in [2.75, 3.05) is 12.9 Å². The van der Waals surface area contributed by atoms with Gasteiger partial charge in [-0.2, -0.15) is 0 Å². The maximum absolute atomic E-state index is 12.6. The van der Waals surface area contributed by atoms with Gasteiger partial charge >= 0.3 is 11.9 Å². The summed E-state index contributed by atoms with van der Waals surface area (Å²) < 4.78 is 16.1. The third-order valence-corrected chi connectivity index (χ3v) is 4.91. The summed E-state index contributed by atoms with van der Waals surface area (Å²) >= 11 is 1.27. The molecule has 7 heteroatoms. The van der Waals surface area contributed by atoms with Crippen molar-refractivity contribution in [3.63, 3.8) is 0 Å². The van der Waals surface area contributed by atoms with E-state index in [2.05, 4.69) is 0 Å². The van der Waals surface area contributed by atoms with Crippen molar-refractivity contribution in [3.8, 4) is 0 Å². The fraction of sp³-hybridized carbons (Fsp3) is 0.650. The standard InChI is InChI=1S/C20H30O6S/c1-8-27-16(22)11-13(2)9-10-14(12-15(21)24-7)20(6)17(23)25-18(26-20)19(3,4)5/h9,12,18H,8,10-11H2,1-7H3/b13-9-,14-12+/t18-,20-/m1/s1. The topological polar surface area (TPSA) is 78.9 Å². The number of carbonyl (C=O) groups excluding carboxylic acids is 3. The fourth-order valence-corrected chi connectivity index (χ4v) is 3.10. The van der Waals surface area contributed by atoms with Crippen LogP contribution in [0.25, 0.3) is 0 Å². The summed E-state index contributed by atoms with van der Waals surface area (Å²) in [6.45, 7) is 11.1. The van der Waals surface area contributed by atoms with Crippen LogP contribution in [0, 0.1) is 5.41 Å². The summed E-state index contributed by atoms with van der Waals surface area (Å²) in [5, 5.41) is 0.0836. The highest BCUT2D eigenvalue weighted by atomic mass is 32.2. The number of esters is 2. The molecule has 0 aromatic heterocycles. The molecule has 0 bridgehead atoms. The first-order chi connectivity index (χ1) is 12.4. The predicted octanol–water partition coefficient (Wildman–Crippen LogP) is 3.80. The molecule has 152 valence electrons. The molecule has 0 radical (unpaired) electrons. The smallest absolute Gasteiger partial charge is 0.344 e. The molecule has 27 heavy (non-hydrogen) atoms. The first-order valence-corrected chi connectivity index (χ1v) is 9.91. The van der Waals surface area contributed by atoms with Gasteiger partial charge in [-0.1, -0.05) is 51.1 Å². The van der Waals surface area contributed by atoms with Crippen LogP contribution in [0.1, 0.15) is 54.4 Å². The Labute approximate surface area is 165 Å². The van der Waals surface area contributed by atoms with Crippen LogP contribution < -0.4 is 0 Å². The first kappa shape index (κ1) is 23.4. The number of hydrogen-bond acceptors (Lipinski definition) is 7. The average Bonchev–Trinajstić information content (AvgIpc) is 2.87. The van der Waals surface area contributed by atoms with E-state index < -0.39 is 29.2 Å². The molecule has 1 fully saturated rings. The van der Waals surface area contributed by atoms with Crippen LogP contribution in [0.4, 0.5) is 0 Å². The molecule has 0 unspecified atom stereocenters. The second-order valence-electron chi connectivity index (χ2n) is 7.68. The van der Waals surface area contributed by atoms with E-state index in [9.17, 15) is 14.4 Å². The summed E-state index contributed by atoms with van der Waals surface area (Å²) in [6, 6.07) is 0. The maximum Gasteiger partial charge on any atom is 0.344 e. The van der Waals surface area contributed by atoms with E-state index in [1.165, 1.54) is 24.9 Å². The number of cyclic esters (lactones) is 1. The summed E-state index contributed by atoms with van der Waals surface area (Å²) in [4.78, 5) is 36.2. The molecular weight excluding hydrogens is 368 g/mol. The van der Waals surface area contributed by atoms with Crippen LogP contribution in [0.3, 0.4) is 0 Å². The number of rotatable bonds is 7. The van der Waals surface area contributed by atoms with Gasteiger partial charge in [0.1, 0.15) is 0 Å². The van der Waals surface area contributed by atoms with Gasteiger partial charge in [0, 0.05) is 17.9 Å². The molecule has 1 rings (SSSR count). The Kier molecular flexibility index (Phi) is 8.29. The first-order valence-electron chi connectivity index (χ1n) is 8.93. The van der Waals surface area contributed by atoms with Gasteiger partial charge in [-0.25, -0.2) is 9.59 Å². The number of ether oxygens (including phenoxy) is 3. The van der Waals surface area contributed by atoms with E-state index in [0.717, 1.165) is 11.3 Å². The molecule has 1 aliphatic heterocycles. The van der Waals surface area contributed by atoms with Crippen LogP contribution in [0.2, 0.25) is 0 Å². The Hall–Kier alpha value is -1.60. The lowest BCUT2D eigenvalue weighted by Crippen LogP contribution is -2.36. The highest BCUT2D eigenvalue weighted by molar-refractivity contribution is 8.13. The van der Waals surface area contributed by atoms with Crippen molar-refractivity contribution < 1.29 is 28.6 Å². The van der Waals surface area contributed by atoms with Gasteiger partial charge in [0.25, 0.3) is 0 Å². The zero-order valence-corrected chi connectivity index (χ0v) is 18.0. The molecule has 0 aliphatic carbocycles. The lowest BCUT2D eigenvalue weighted by molar-refractivity contribution is -0.155. The van der Waals surface area contributed by atoms with E-state index in [4.69, 9.17) is 14.2 Å². The predicted molar refractivity (Wildman–Crippen MR) is 105 cm³/mol. The highest BCUT2D eigenvalue weighted by Crippen LogP contribution is 2.39. The van der Waals surface area contributed by atoms with Crippen molar-refractivity contribution >= 4 is 28.8 Å². The van der Waals surface area contributed by atoms with Gasteiger partial charge in [0.15, 0.2) is 10.7 Å². The third-order valence-electron chi connectivity index (χ3n) is 4.16. The average molecular weight is 399 g/mol. The molecule has 0 amide bonds. The van der Waals surface area contributed by atoms with Crippen molar-refractivity contribution in [2.45, 2.75) is 66.3 Å². The normalized spacial score (nSPS) is 24.0. The molecule has 6 nitrogen and oxygen atoms in total. The van der Waals surface area contributed by atoms with Gasteiger partial charge < -0.3 is 14.2 Å². The summed E-state index contributed by atoms with van der Waals surface area (Å²) in [6.07, 6.45) is 2.96. The van der Waals surface area contributed by atoms with Crippen LogP contribution in [-0.2, 0) is 28.6 Å². The monoisotopic (exact) mass is 398 g/mol. The summed E-state index contributed by atoms with van der Waals surface area (Å²) in [5.74, 6) is -0.391. The van der Waals surface area contributed by atoms with Crippen LogP contribution in [0.15, 0.2) is 23.3 Å². The Balaban J connectivity index is 3.08. The molecule has 0 saturated carbocycles. The quantitative estimate of drug-likeness (QED) is 0.367. The van der Waals surface area contributed by atoms with Crippen LogP contribution in [-0.4, -0.2) is 41.8 Å². The number of hydrogen-bond donors (Lipinski definition) is 0. The minimum absolute atomic E-state index is 0.0836. The lowest BCUT2D eigenvalue weighted by Gasteiger charge is -2.27. The van der Waals surface area contributed by atoms with Gasteiger partial charge in [-0.05, 0) is 31.6 Å². The third kappa shape index (κ3) is 6.50. The second-order valence-corrected chi connectivity index (χ2v) is 9.00. The van der Waals surface area contributed by atoms with Crippen LogP contribution >= 0.6 is 11.8 Å². The fourth-order valence-electron chi connectivity index (χ4n) is 2.44. The largest absolute Gasteiger partial charge is 0.466 e. The maximum atomic E-state index is 12.6. The zero-order valence-electron chi connectivity index (χ0n) is 17.2. The van der Waals surface area contributed by atoms with Crippen molar-refractivity contribution in [1.29, 1.82) is 0 Å². The van der Waals surface area contributed by atoms with E-state index in [1.807, 2.05) is 40.7 Å². The minimum atomic E-state index is -1.38. The molecule has 0 aromatic carbocycles. The molecule has 1 aliphatic rings. The molecule has 1 heterocycles. The van der Waals surface area contributed by atoms with E-state index in [-0.39, 0.29) is 11.5 Å². The van der Waals surface area contributed by atoms with Crippen molar-refractivity contribution in [1.82, 2.24) is 0 Å².